The fourth-order valence-electron chi connectivity index (χ4n) is 2.63. The van der Waals surface area contributed by atoms with Crippen LogP contribution in [0, 0.1) is 6.92 Å². The number of alkyl halides is 1. The van der Waals surface area contributed by atoms with Gasteiger partial charge in [0.2, 0.25) is 5.28 Å². The minimum Gasteiger partial charge on any atom is -0.324 e. The van der Waals surface area contributed by atoms with Gasteiger partial charge < -0.3 is 9.88 Å². The quantitative estimate of drug-likeness (QED) is 0.807. The van der Waals surface area contributed by atoms with Gasteiger partial charge in [0.15, 0.2) is 0 Å². The lowest BCUT2D eigenvalue weighted by atomic mass is 10.0. The van der Waals surface area contributed by atoms with E-state index in [-0.39, 0.29) is 11.3 Å². The molecule has 0 spiro atoms. The molecule has 1 aliphatic heterocycles. The molecule has 18 heavy (non-hydrogen) atoms. The molecular weight excluding hydrogens is 255 g/mol. The van der Waals surface area contributed by atoms with Gasteiger partial charge in [-0.3, -0.25) is 0 Å². The van der Waals surface area contributed by atoms with Crippen molar-refractivity contribution in [3.63, 3.8) is 0 Å². The number of hydrogen-bond donors (Lipinski definition) is 1. The van der Waals surface area contributed by atoms with E-state index in [4.69, 9.17) is 11.6 Å². The summed E-state index contributed by atoms with van der Waals surface area (Å²) in [5.41, 5.74) is 1.72. The number of aryl methyl sites for hydroxylation is 1. The summed E-state index contributed by atoms with van der Waals surface area (Å²) in [6, 6.07) is 1.80. The van der Waals surface area contributed by atoms with Crippen molar-refractivity contribution in [2.24, 2.45) is 0 Å². The SMILES string of the molecule is Cc1cc2cnc(Cl)nc2n1[C@@H]1CCNC[C@@H]1F. The molecular formula is C12H14ClFN4. The minimum absolute atomic E-state index is 0.172. The Morgan fingerprint density at radius 2 is 2.39 bits per heavy atom. The Morgan fingerprint density at radius 1 is 1.56 bits per heavy atom. The average Bonchev–Trinajstić information content (AvgIpc) is 2.66. The lowest BCUT2D eigenvalue weighted by Crippen LogP contribution is -2.39. The first-order chi connectivity index (χ1) is 8.66. The molecule has 0 saturated carbocycles. The van der Waals surface area contributed by atoms with Crippen LogP contribution < -0.4 is 5.32 Å². The predicted molar refractivity (Wildman–Crippen MR) is 68.7 cm³/mol. The standard InChI is InChI=1S/C12H14ClFN4/c1-7-4-8-5-16-12(13)17-11(8)18(7)10-2-3-15-6-9(10)14/h4-5,9-10,15H,2-3,6H2,1H3/t9-,10+/m0/s1. The summed E-state index contributed by atoms with van der Waals surface area (Å²) >= 11 is 5.83. The Balaban J connectivity index is 2.14. The fourth-order valence-corrected chi connectivity index (χ4v) is 2.76. The zero-order chi connectivity index (χ0) is 12.7. The van der Waals surface area contributed by atoms with E-state index in [1.165, 1.54) is 0 Å². The van der Waals surface area contributed by atoms with Gasteiger partial charge in [-0.15, -0.1) is 0 Å². The molecule has 0 aromatic carbocycles. The van der Waals surface area contributed by atoms with E-state index in [1.54, 1.807) is 6.20 Å². The molecule has 3 rings (SSSR count). The number of aromatic nitrogens is 3. The molecule has 2 atom stereocenters. The van der Waals surface area contributed by atoms with Crippen molar-refractivity contribution < 1.29 is 4.39 Å². The van der Waals surface area contributed by atoms with Crippen molar-refractivity contribution >= 4 is 22.6 Å². The summed E-state index contributed by atoms with van der Waals surface area (Å²) in [7, 11) is 0. The third kappa shape index (κ3) is 1.87. The number of piperidine rings is 1. The van der Waals surface area contributed by atoms with Crippen molar-refractivity contribution in [3.05, 3.63) is 23.2 Å². The highest BCUT2D eigenvalue weighted by molar-refractivity contribution is 6.28. The molecule has 0 aliphatic carbocycles. The van der Waals surface area contributed by atoms with Gasteiger partial charge in [0.05, 0.1) is 6.04 Å². The Hall–Kier alpha value is -1.20. The second-order valence-corrected chi connectivity index (χ2v) is 4.99. The molecule has 0 radical (unpaired) electrons. The zero-order valence-electron chi connectivity index (χ0n) is 10.0. The number of rotatable bonds is 1. The van der Waals surface area contributed by atoms with E-state index in [2.05, 4.69) is 15.3 Å². The smallest absolute Gasteiger partial charge is 0.224 e. The second-order valence-electron chi connectivity index (χ2n) is 4.65. The summed E-state index contributed by atoms with van der Waals surface area (Å²) in [6.07, 6.45) is 1.54. The van der Waals surface area contributed by atoms with Crippen LogP contribution in [0.1, 0.15) is 18.2 Å². The van der Waals surface area contributed by atoms with Crippen molar-refractivity contribution in [2.75, 3.05) is 13.1 Å². The highest BCUT2D eigenvalue weighted by atomic mass is 35.5. The van der Waals surface area contributed by atoms with Crippen LogP contribution in [0.4, 0.5) is 4.39 Å². The third-order valence-electron chi connectivity index (χ3n) is 3.44. The zero-order valence-corrected chi connectivity index (χ0v) is 10.8. The van der Waals surface area contributed by atoms with Gasteiger partial charge in [-0.2, -0.15) is 4.98 Å². The minimum atomic E-state index is -0.901. The Labute approximate surface area is 109 Å². The normalized spacial score (nSPS) is 24.6. The Morgan fingerprint density at radius 3 is 3.17 bits per heavy atom. The van der Waals surface area contributed by atoms with E-state index < -0.39 is 6.17 Å². The van der Waals surface area contributed by atoms with Gasteiger partial charge in [0, 0.05) is 23.8 Å². The third-order valence-corrected chi connectivity index (χ3v) is 3.63. The molecule has 1 saturated heterocycles. The van der Waals surface area contributed by atoms with Crippen molar-refractivity contribution in [3.8, 4) is 0 Å². The molecule has 1 fully saturated rings. The highest BCUT2D eigenvalue weighted by Crippen LogP contribution is 2.29. The van der Waals surface area contributed by atoms with E-state index in [1.807, 2.05) is 17.6 Å². The maximum absolute atomic E-state index is 14.1. The van der Waals surface area contributed by atoms with Crippen LogP contribution >= 0.6 is 11.6 Å². The van der Waals surface area contributed by atoms with Crippen molar-refractivity contribution in [1.29, 1.82) is 0 Å². The largest absolute Gasteiger partial charge is 0.324 e. The Bertz CT molecular complexity index is 583. The first-order valence-corrected chi connectivity index (χ1v) is 6.39. The maximum atomic E-state index is 14.1. The van der Waals surface area contributed by atoms with Crippen LogP contribution in [0.3, 0.4) is 0 Å². The molecule has 0 bridgehead atoms. The lowest BCUT2D eigenvalue weighted by Gasteiger charge is -2.29. The van der Waals surface area contributed by atoms with Gasteiger partial charge in [0.25, 0.3) is 0 Å². The van der Waals surface area contributed by atoms with E-state index in [0.29, 0.717) is 6.54 Å². The van der Waals surface area contributed by atoms with Gasteiger partial charge in [0.1, 0.15) is 11.8 Å². The van der Waals surface area contributed by atoms with Crippen LogP contribution in [-0.2, 0) is 0 Å². The van der Waals surface area contributed by atoms with E-state index in [9.17, 15) is 4.39 Å². The topological polar surface area (TPSA) is 42.7 Å². The van der Waals surface area contributed by atoms with Gasteiger partial charge >= 0.3 is 0 Å². The molecule has 4 nitrogen and oxygen atoms in total. The Kier molecular flexibility index (Phi) is 2.95. The number of nitrogens with one attached hydrogen (secondary N) is 1. The molecule has 0 amide bonds. The van der Waals surface area contributed by atoms with Crippen molar-refractivity contribution in [1.82, 2.24) is 19.9 Å². The van der Waals surface area contributed by atoms with Crippen LogP contribution in [0.25, 0.3) is 11.0 Å². The first-order valence-electron chi connectivity index (χ1n) is 6.01. The maximum Gasteiger partial charge on any atom is 0.224 e. The van der Waals surface area contributed by atoms with Gasteiger partial charge in [-0.1, -0.05) is 0 Å². The second kappa shape index (κ2) is 4.48. The summed E-state index contributed by atoms with van der Waals surface area (Å²) in [5, 5.41) is 4.16. The molecule has 1 N–H and O–H groups in total. The molecule has 1 aliphatic rings. The summed E-state index contributed by atoms with van der Waals surface area (Å²) < 4.78 is 16.0. The van der Waals surface area contributed by atoms with Gasteiger partial charge in [-0.25, -0.2) is 9.37 Å². The van der Waals surface area contributed by atoms with Crippen LogP contribution in [-0.4, -0.2) is 33.8 Å². The number of halogens is 2. The van der Waals surface area contributed by atoms with Crippen molar-refractivity contribution in [2.45, 2.75) is 25.6 Å². The number of nitrogens with zero attached hydrogens (tertiary/aromatic N) is 3. The predicted octanol–water partition coefficient (Wildman–Crippen LogP) is 2.27. The highest BCUT2D eigenvalue weighted by Gasteiger charge is 2.28. The lowest BCUT2D eigenvalue weighted by molar-refractivity contribution is 0.185. The number of fused-ring (bicyclic) bond motifs is 1. The molecule has 2 aromatic rings. The van der Waals surface area contributed by atoms with Crippen LogP contribution in [0.15, 0.2) is 12.3 Å². The van der Waals surface area contributed by atoms with E-state index in [0.717, 1.165) is 29.7 Å². The van der Waals surface area contributed by atoms with Crippen LogP contribution in [0.2, 0.25) is 5.28 Å². The van der Waals surface area contributed by atoms with Crippen LogP contribution in [0.5, 0.6) is 0 Å². The molecule has 2 aromatic heterocycles. The summed E-state index contributed by atoms with van der Waals surface area (Å²) in [4.78, 5) is 8.20. The monoisotopic (exact) mass is 268 g/mol. The average molecular weight is 269 g/mol. The summed E-state index contributed by atoms with van der Waals surface area (Å²) in [6.45, 7) is 3.18. The van der Waals surface area contributed by atoms with Gasteiger partial charge in [-0.05, 0) is 37.6 Å². The number of hydrogen-bond acceptors (Lipinski definition) is 3. The molecule has 6 heteroatoms. The molecule has 96 valence electrons. The first kappa shape index (κ1) is 11.9. The van der Waals surface area contributed by atoms with E-state index >= 15 is 0 Å². The molecule has 3 heterocycles. The molecule has 0 unspecified atom stereocenters. The summed E-state index contributed by atoms with van der Waals surface area (Å²) in [5.74, 6) is 0. The fraction of sp³-hybridized carbons (Fsp3) is 0.500.